The fourth-order valence-corrected chi connectivity index (χ4v) is 1.56. The summed E-state index contributed by atoms with van der Waals surface area (Å²) in [4.78, 5) is 22.5. The Kier molecular flexibility index (Phi) is 3.87. The predicted octanol–water partition coefficient (Wildman–Crippen LogP) is 1.06. The molecule has 0 spiro atoms. The van der Waals surface area contributed by atoms with Crippen LogP contribution >= 0.6 is 0 Å². The zero-order valence-corrected chi connectivity index (χ0v) is 10.2. The molecule has 5 heteroatoms. The number of nitrogens with zero attached hydrogens (tertiary/aromatic N) is 2. The van der Waals surface area contributed by atoms with E-state index in [0.717, 1.165) is 5.56 Å². The van der Waals surface area contributed by atoms with Crippen molar-refractivity contribution in [3.8, 4) is 0 Å². The molecule has 1 amide bonds. The van der Waals surface area contributed by atoms with E-state index in [4.69, 9.17) is 5.73 Å². The highest BCUT2D eigenvalue weighted by Gasteiger charge is 2.03. The van der Waals surface area contributed by atoms with Crippen LogP contribution in [-0.2, 0) is 6.54 Å². The van der Waals surface area contributed by atoms with E-state index in [1.807, 2.05) is 36.4 Å². The summed E-state index contributed by atoms with van der Waals surface area (Å²) in [5.41, 5.74) is 5.95. The topological polar surface area (TPSA) is 78.0 Å². The third-order valence-corrected chi connectivity index (χ3v) is 2.51. The Labute approximate surface area is 110 Å². The minimum absolute atomic E-state index is 0.0766. The number of aromatic nitrogens is 2. The largest absolute Gasteiger partial charge is 0.364 e. The van der Waals surface area contributed by atoms with Gasteiger partial charge in [0.15, 0.2) is 0 Å². The summed E-state index contributed by atoms with van der Waals surface area (Å²) in [6, 6.07) is 12.3. The number of nitrogens with two attached hydrogens (primary N) is 1. The van der Waals surface area contributed by atoms with Crippen molar-refractivity contribution < 1.29 is 4.79 Å². The number of carbonyl (C=O) groups is 1. The van der Waals surface area contributed by atoms with Gasteiger partial charge in [-0.3, -0.25) is 9.59 Å². The van der Waals surface area contributed by atoms with Crippen molar-refractivity contribution in [2.45, 2.75) is 6.54 Å². The Bertz CT molecular complexity index is 660. The Balaban J connectivity index is 2.15. The van der Waals surface area contributed by atoms with E-state index in [1.54, 1.807) is 6.08 Å². The van der Waals surface area contributed by atoms with Gasteiger partial charge >= 0.3 is 0 Å². The molecule has 2 aromatic rings. The molecular weight excluding hydrogens is 242 g/mol. The molecule has 0 atom stereocenters. The molecule has 19 heavy (non-hydrogen) atoms. The molecule has 0 bridgehead atoms. The smallest absolute Gasteiger partial charge is 0.269 e. The van der Waals surface area contributed by atoms with Crippen LogP contribution in [0.3, 0.4) is 0 Å². The van der Waals surface area contributed by atoms with Gasteiger partial charge in [-0.05, 0) is 11.6 Å². The van der Waals surface area contributed by atoms with E-state index in [1.165, 1.54) is 16.8 Å². The van der Waals surface area contributed by atoms with Crippen molar-refractivity contribution in [2.75, 3.05) is 0 Å². The lowest BCUT2D eigenvalue weighted by Gasteiger charge is -2.01. The first-order chi connectivity index (χ1) is 9.16. The van der Waals surface area contributed by atoms with Crippen LogP contribution in [0, 0.1) is 0 Å². The molecule has 1 aromatic carbocycles. The summed E-state index contributed by atoms with van der Waals surface area (Å²) < 4.78 is 1.19. The Morgan fingerprint density at radius 2 is 1.95 bits per heavy atom. The third kappa shape index (κ3) is 3.38. The molecular formula is C14H13N3O2. The molecule has 0 aliphatic carbocycles. The van der Waals surface area contributed by atoms with E-state index < -0.39 is 5.91 Å². The van der Waals surface area contributed by atoms with Gasteiger partial charge in [0.25, 0.3) is 11.5 Å². The molecule has 5 nitrogen and oxygen atoms in total. The number of primary amides is 1. The summed E-state index contributed by atoms with van der Waals surface area (Å²) in [6.07, 6.45) is 3.68. The predicted molar refractivity (Wildman–Crippen MR) is 72.5 cm³/mol. The summed E-state index contributed by atoms with van der Waals surface area (Å²) in [6.45, 7) is 0.287. The average Bonchev–Trinajstić information content (AvgIpc) is 2.42. The van der Waals surface area contributed by atoms with Crippen LogP contribution < -0.4 is 11.3 Å². The number of allylic oxidation sites excluding steroid dienone is 1. The van der Waals surface area contributed by atoms with Crippen LogP contribution in [0.4, 0.5) is 0 Å². The molecule has 2 N–H and O–H groups in total. The number of amides is 1. The van der Waals surface area contributed by atoms with Gasteiger partial charge in [0.05, 0.1) is 6.54 Å². The third-order valence-electron chi connectivity index (χ3n) is 2.51. The second-order valence-corrected chi connectivity index (χ2v) is 3.92. The van der Waals surface area contributed by atoms with Gasteiger partial charge in [-0.2, -0.15) is 5.10 Å². The first-order valence-electron chi connectivity index (χ1n) is 5.76. The summed E-state index contributed by atoms with van der Waals surface area (Å²) in [5, 5.41) is 3.88. The fourth-order valence-electron chi connectivity index (χ4n) is 1.56. The maximum Gasteiger partial charge on any atom is 0.269 e. The van der Waals surface area contributed by atoms with Crippen LogP contribution in [0.5, 0.6) is 0 Å². The summed E-state index contributed by atoms with van der Waals surface area (Å²) in [7, 11) is 0. The SMILES string of the molecule is NC(=O)c1ccc(=O)n(C/C=C\c2ccccc2)n1. The van der Waals surface area contributed by atoms with Gasteiger partial charge in [-0.25, -0.2) is 4.68 Å². The number of carbonyl (C=O) groups excluding carboxylic acids is 1. The van der Waals surface area contributed by atoms with Crippen molar-refractivity contribution >= 4 is 12.0 Å². The molecule has 0 saturated heterocycles. The van der Waals surface area contributed by atoms with Crippen molar-refractivity contribution in [1.82, 2.24) is 9.78 Å². The van der Waals surface area contributed by atoms with Crippen LogP contribution in [0.15, 0.2) is 53.3 Å². The van der Waals surface area contributed by atoms with Crippen LogP contribution in [0.2, 0.25) is 0 Å². The highest BCUT2D eigenvalue weighted by molar-refractivity contribution is 5.90. The van der Waals surface area contributed by atoms with Crippen molar-refractivity contribution in [3.63, 3.8) is 0 Å². The van der Waals surface area contributed by atoms with Crippen LogP contribution in [0.25, 0.3) is 6.08 Å². The molecule has 0 unspecified atom stereocenters. The maximum absolute atomic E-state index is 11.6. The monoisotopic (exact) mass is 255 g/mol. The van der Waals surface area contributed by atoms with E-state index in [2.05, 4.69) is 5.10 Å². The molecule has 0 radical (unpaired) electrons. The fraction of sp³-hybridized carbons (Fsp3) is 0.0714. The highest BCUT2D eigenvalue weighted by atomic mass is 16.1. The van der Waals surface area contributed by atoms with Gasteiger partial charge in [-0.15, -0.1) is 0 Å². The van der Waals surface area contributed by atoms with Gasteiger partial charge in [0, 0.05) is 6.07 Å². The highest BCUT2D eigenvalue weighted by Crippen LogP contribution is 2.00. The number of benzene rings is 1. The Morgan fingerprint density at radius 1 is 1.21 bits per heavy atom. The summed E-state index contributed by atoms with van der Waals surface area (Å²) >= 11 is 0. The Hall–Kier alpha value is -2.69. The first kappa shape index (κ1) is 12.8. The van der Waals surface area contributed by atoms with E-state index in [9.17, 15) is 9.59 Å². The second kappa shape index (κ2) is 5.77. The van der Waals surface area contributed by atoms with Gasteiger partial charge in [0.1, 0.15) is 5.69 Å². The Morgan fingerprint density at radius 3 is 2.63 bits per heavy atom. The normalized spacial score (nSPS) is 10.7. The lowest BCUT2D eigenvalue weighted by atomic mass is 10.2. The molecule has 96 valence electrons. The molecule has 0 fully saturated rings. The minimum Gasteiger partial charge on any atom is -0.364 e. The van der Waals surface area contributed by atoms with E-state index in [-0.39, 0.29) is 17.8 Å². The lowest BCUT2D eigenvalue weighted by molar-refractivity contribution is 0.0993. The number of rotatable bonds is 4. The minimum atomic E-state index is -0.652. The summed E-state index contributed by atoms with van der Waals surface area (Å²) in [5.74, 6) is -0.652. The quantitative estimate of drug-likeness (QED) is 0.887. The molecule has 1 aromatic heterocycles. The van der Waals surface area contributed by atoms with Crippen molar-refractivity contribution in [2.24, 2.45) is 5.73 Å². The molecule has 0 aliphatic rings. The zero-order valence-electron chi connectivity index (χ0n) is 10.2. The van der Waals surface area contributed by atoms with Crippen LogP contribution in [0.1, 0.15) is 16.1 Å². The lowest BCUT2D eigenvalue weighted by Crippen LogP contribution is -2.25. The van der Waals surface area contributed by atoms with Gasteiger partial charge in [0.2, 0.25) is 0 Å². The first-order valence-corrected chi connectivity index (χ1v) is 5.76. The van der Waals surface area contributed by atoms with Crippen molar-refractivity contribution in [1.29, 1.82) is 0 Å². The number of hydrogen-bond acceptors (Lipinski definition) is 3. The molecule has 0 aliphatic heterocycles. The standard InChI is InChI=1S/C14H13N3O2/c15-14(19)12-8-9-13(18)17(16-12)10-4-7-11-5-2-1-3-6-11/h1-9H,10H2,(H2,15,19)/b7-4-. The van der Waals surface area contributed by atoms with Crippen molar-refractivity contribution in [3.05, 3.63) is 70.2 Å². The zero-order chi connectivity index (χ0) is 13.7. The average molecular weight is 255 g/mol. The molecule has 2 rings (SSSR count). The number of hydrogen-bond donors (Lipinski definition) is 1. The van der Waals surface area contributed by atoms with Crippen LogP contribution in [-0.4, -0.2) is 15.7 Å². The second-order valence-electron chi connectivity index (χ2n) is 3.92. The van der Waals surface area contributed by atoms with E-state index in [0.29, 0.717) is 0 Å². The van der Waals surface area contributed by atoms with Gasteiger partial charge < -0.3 is 5.73 Å². The van der Waals surface area contributed by atoms with E-state index >= 15 is 0 Å². The van der Waals surface area contributed by atoms with Gasteiger partial charge in [-0.1, -0.05) is 42.5 Å². The molecule has 0 saturated carbocycles. The maximum atomic E-state index is 11.6. The molecule has 1 heterocycles.